The summed E-state index contributed by atoms with van der Waals surface area (Å²) in [6.45, 7) is 0.0247. The highest BCUT2D eigenvalue weighted by molar-refractivity contribution is 6.34. The van der Waals surface area contributed by atoms with Gasteiger partial charge < -0.3 is 20.6 Å². The Hall–Kier alpha value is -1.95. The molecule has 19 heavy (non-hydrogen) atoms. The van der Waals surface area contributed by atoms with Crippen LogP contribution in [0.1, 0.15) is 10.4 Å². The number of benzene rings is 1. The summed E-state index contributed by atoms with van der Waals surface area (Å²) >= 11 is 6.03. The van der Waals surface area contributed by atoms with Gasteiger partial charge in [-0.3, -0.25) is 4.79 Å². The fraction of sp³-hybridized carbons (Fsp3) is 0.333. The predicted octanol–water partition coefficient (Wildman–Crippen LogP) is 1.14. The van der Waals surface area contributed by atoms with Crippen molar-refractivity contribution in [1.29, 1.82) is 0 Å². The molecule has 0 bridgehead atoms. The number of anilines is 2. The molecule has 1 aromatic rings. The summed E-state index contributed by atoms with van der Waals surface area (Å²) in [6, 6.07) is 2.78. The van der Waals surface area contributed by atoms with E-state index in [1.165, 1.54) is 21.9 Å². The molecule has 0 aliphatic carbocycles. The Balaban J connectivity index is 3.18. The molecule has 0 unspecified atom stereocenters. The molecule has 0 fully saturated rings. The number of carboxylic acids is 1. The molecule has 0 saturated heterocycles. The molecule has 1 aromatic carbocycles. The van der Waals surface area contributed by atoms with Crippen LogP contribution >= 0.6 is 11.6 Å². The largest absolute Gasteiger partial charge is 0.478 e. The molecule has 104 valence electrons. The van der Waals surface area contributed by atoms with Crippen LogP contribution in [0.4, 0.5) is 11.4 Å². The molecular formula is C12H16ClN3O3. The zero-order chi connectivity index (χ0) is 14.7. The lowest BCUT2D eigenvalue weighted by Gasteiger charge is -2.23. The van der Waals surface area contributed by atoms with Gasteiger partial charge in [0, 0.05) is 26.8 Å². The van der Waals surface area contributed by atoms with Crippen LogP contribution in [0.25, 0.3) is 0 Å². The molecule has 0 heterocycles. The van der Waals surface area contributed by atoms with E-state index < -0.39 is 5.97 Å². The number of hydrogen-bond donors (Lipinski definition) is 2. The standard InChI is InChI=1S/C12H16ClN3O3/c1-15(2)10(17)6-16(3)11-8(12(18)19)4-7(14)5-9(11)13/h4-5H,6,14H2,1-3H3,(H,18,19). The fourth-order valence-electron chi connectivity index (χ4n) is 1.59. The van der Waals surface area contributed by atoms with Crippen molar-refractivity contribution < 1.29 is 14.7 Å². The van der Waals surface area contributed by atoms with Gasteiger partial charge in [-0.15, -0.1) is 0 Å². The minimum Gasteiger partial charge on any atom is -0.478 e. The molecule has 1 amide bonds. The van der Waals surface area contributed by atoms with E-state index in [1.807, 2.05) is 0 Å². The van der Waals surface area contributed by atoms with Gasteiger partial charge in [0.15, 0.2) is 0 Å². The number of nitrogen functional groups attached to an aromatic ring is 1. The van der Waals surface area contributed by atoms with Gasteiger partial charge in [0.05, 0.1) is 22.8 Å². The average molecular weight is 286 g/mol. The number of carbonyl (C=O) groups excluding carboxylic acids is 1. The number of carboxylic acid groups (broad SMARTS) is 1. The Kier molecular flexibility index (Phi) is 4.61. The normalized spacial score (nSPS) is 10.1. The lowest BCUT2D eigenvalue weighted by molar-refractivity contribution is -0.127. The second-order valence-corrected chi connectivity index (χ2v) is 4.76. The molecule has 1 rings (SSSR count). The van der Waals surface area contributed by atoms with E-state index in [1.54, 1.807) is 21.1 Å². The highest BCUT2D eigenvalue weighted by Crippen LogP contribution is 2.31. The highest BCUT2D eigenvalue weighted by Gasteiger charge is 2.20. The second kappa shape index (κ2) is 5.79. The van der Waals surface area contributed by atoms with Gasteiger partial charge in [0.1, 0.15) is 0 Å². The van der Waals surface area contributed by atoms with Gasteiger partial charge in [0.2, 0.25) is 5.91 Å². The summed E-state index contributed by atoms with van der Waals surface area (Å²) in [5.41, 5.74) is 6.08. The van der Waals surface area contributed by atoms with Crippen LogP contribution in [0.2, 0.25) is 5.02 Å². The third-order valence-electron chi connectivity index (χ3n) is 2.57. The van der Waals surface area contributed by atoms with E-state index in [-0.39, 0.29) is 34.4 Å². The first kappa shape index (κ1) is 15.1. The number of halogens is 1. The summed E-state index contributed by atoms with van der Waals surface area (Å²) in [5.74, 6) is -1.31. The van der Waals surface area contributed by atoms with Crippen LogP contribution in [-0.2, 0) is 4.79 Å². The fourth-order valence-corrected chi connectivity index (χ4v) is 1.97. The van der Waals surface area contributed by atoms with Crippen molar-refractivity contribution in [2.24, 2.45) is 0 Å². The van der Waals surface area contributed by atoms with Crippen molar-refractivity contribution in [2.45, 2.75) is 0 Å². The van der Waals surface area contributed by atoms with Gasteiger partial charge in [-0.2, -0.15) is 0 Å². The maximum Gasteiger partial charge on any atom is 0.337 e. The number of carbonyl (C=O) groups is 2. The van der Waals surface area contributed by atoms with Crippen LogP contribution < -0.4 is 10.6 Å². The number of aromatic carboxylic acids is 1. The van der Waals surface area contributed by atoms with E-state index in [9.17, 15) is 14.7 Å². The van der Waals surface area contributed by atoms with E-state index in [4.69, 9.17) is 17.3 Å². The molecule has 7 heteroatoms. The lowest BCUT2D eigenvalue weighted by atomic mass is 10.1. The number of amides is 1. The van der Waals surface area contributed by atoms with Crippen molar-refractivity contribution >= 4 is 34.9 Å². The molecule has 0 saturated carbocycles. The lowest BCUT2D eigenvalue weighted by Crippen LogP contribution is -2.35. The third kappa shape index (κ3) is 3.51. The molecule has 0 atom stereocenters. The minimum atomic E-state index is -1.15. The molecule has 3 N–H and O–H groups in total. The van der Waals surface area contributed by atoms with Crippen LogP contribution in [0, 0.1) is 0 Å². The zero-order valence-electron chi connectivity index (χ0n) is 11.0. The van der Waals surface area contributed by atoms with Crippen molar-refractivity contribution in [1.82, 2.24) is 4.90 Å². The Labute approximate surface area is 116 Å². The number of nitrogens with two attached hydrogens (primary N) is 1. The maximum atomic E-state index is 11.7. The van der Waals surface area contributed by atoms with Gasteiger partial charge >= 0.3 is 5.97 Å². The molecule has 0 aromatic heterocycles. The third-order valence-corrected chi connectivity index (χ3v) is 2.86. The SMILES string of the molecule is CN(C)C(=O)CN(C)c1c(Cl)cc(N)cc1C(=O)O. The molecule has 0 radical (unpaired) electrons. The Morgan fingerprint density at radius 3 is 2.37 bits per heavy atom. The molecule has 0 spiro atoms. The highest BCUT2D eigenvalue weighted by atomic mass is 35.5. The number of rotatable bonds is 4. The summed E-state index contributed by atoms with van der Waals surface area (Å²) < 4.78 is 0. The quantitative estimate of drug-likeness (QED) is 0.810. The van der Waals surface area contributed by atoms with Crippen molar-refractivity contribution in [3.05, 3.63) is 22.7 Å². The minimum absolute atomic E-state index is 0.0247. The number of hydrogen-bond acceptors (Lipinski definition) is 4. The Bertz CT molecular complexity index is 517. The molecule has 0 aliphatic heterocycles. The Morgan fingerprint density at radius 1 is 1.32 bits per heavy atom. The average Bonchev–Trinajstić information content (AvgIpc) is 2.26. The van der Waals surface area contributed by atoms with Crippen molar-refractivity contribution in [3.8, 4) is 0 Å². The zero-order valence-corrected chi connectivity index (χ0v) is 11.7. The van der Waals surface area contributed by atoms with Crippen LogP contribution in [0.3, 0.4) is 0 Å². The van der Waals surface area contributed by atoms with Gasteiger partial charge in [-0.25, -0.2) is 4.79 Å². The van der Waals surface area contributed by atoms with E-state index >= 15 is 0 Å². The second-order valence-electron chi connectivity index (χ2n) is 4.35. The van der Waals surface area contributed by atoms with E-state index in [0.29, 0.717) is 0 Å². The first-order valence-corrected chi connectivity index (χ1v) is 5.85. The molecule has 6 nitrogen and oxygen atoms in total. The predicted molar refractivity (Wildman–Crippen MR) is 74.8 cm³/mol. The van der Waals surface area contributed by atoms with Crippen molar-refractivity contribution in [3.63, 3.8) is 0 Å². The summed E-state index contributed by atoms with van der Waals surface area (Å²) in [7, 11) is 4.85. The van der Waals surface area contributed by atoms with Gasteiger partial charge in [-0.05, 0) is 12.1 Å². The van der Waals surface area contributed by atoms with Crippen LogP contribution in [-0.4, -0.2) is 49.6 Å². The van der Waals surface area contributed by atoms with Crippen molar-refractivity contribution in [2.75, 3.05) is 38.3 Å². The van der Waals surface area contributed by atoms with Gasteiger partial charge in [-0.1, -0.05) is 11.6 Å². The monoisotopic (exact) mass is 285 g/mol. The maximum absolute atomic E-state index is 11.7. The molecule has 0 aliphatic rings. The van der Waals surface area contributed by atoms with E-state index in [0.717, 1.165) is 0 Å². The summed E-state index contributed by atoms with van der Waals surface area (Å²) in [6.07, 6.45) is 0. The first-order valence-electron chi connectivity index (χ1n) is 5.47. The van der Waals surface area contributed by atoms with Crippen LogP contribution in [0.5, 0.6) is 0 Å². The topological polar surface area (TPSA) is 86.9 Å². The van der Waals surface area contributed by atoms with Crippen LogP contribution in [0.15, 0.2) is 12.1 Å². The first-order chi connectivity index (χ1) is 8.73. The van der Waals surface area contributed by atoms with E-state index in [2.05, 4.69) is 0 Å². The summed E-state index contributed by atoms with van der Waals surface area (Å²) in [5, 5.41) is 9.37. The number of likely N-dealkylation sites (N-methyl/N-ethyl adjacent to an activating group) is 2. The molecular weight excluding hydrogens is 270 g/mol. The smallest absolute Gasteiger partial charge is 0.337 e. The Morgan fingerprint density at radius 2 is 1.89 bits per heavy atom. The van der Waals surface area contributed by atoms with Gasteiger partial charge in [0.25, 0.3) is 0 Å². The number of nitrogens with zero attached hydrogens (tertiary/aromatic N) is 2. The summed E-state index contributed by atoms with van der Waals surface area (Å²) in [4.78, 5) is 25.8.